The average Bonchev–Trinajstić information content (AvgIpc) is 2.54. The first kappa shape index (κ1) is 14.0. The lowest BCUT2D eigenvalue weighted by molar-refractivity contribution is -0.135. The van der Waals surface area contributed by atoms with Crippen LogP contribution in [-0.2, 0) is 4.79 Å². The molecule has 114 valence electrons. The van der Waals surface area contributed by atoms with Crippen LogP contribution in [0.15, 0.2) is 53.3 Å². The number of halogens is 1. The number of ether oxygens (including phenoxy) is 1. The number of esters is 1. The Morgan fingerprint density at radius 2 is 1.91 bits per heavy atom. The van der Waals surface area contributed by atoms with Gasteiger partial charge in [-0.25, -0.2) is 0 Å². The van der Waals surface area contributed by atoms with E-state index in [1.165, 1.54) is 0 Å². The number of para-hydroxylation sites is 1. The van der Waals surface area contributed by atoms with Crippen LogP contribution in [0.4, 0.5) is 0 Å². The molecule has 23 heavy (non-hydrogen) atoms. The van der Waals surface area contributed by atoms with Crippen molar-refractivity contribution >= 4 is 28.5 Å². The van der Waals surface area contributed by atoms with Crippen LogP contribution >= 0.6 is 11.6 Å². The quantitative estimate of drug-likeness (QED) is 0.695. The van der Waals surface area contributed by atoms with Crippen molar-refractivity contribution in [3.8, 4) is 5.75 Å². The largest absolute Gasteiger partial charge is 0.425 e. The molecular weight excluding hydrogens is 314 g/mol. The Morgan fingerprint density at radius 3 is 2.74 bits per heavy atom. The monoisotopic (exact) mass is 325 g/mol. The summed E-state index contributed by atoms with van der Waals surface area (Å²) in [6, 6.07) is 14.5. The van der Waals surface area contributed by atoms with Crippen molar-refractivity contribution < 1.29 is 9.53 Å². The van der Waals surface area contributed by atoms with Crippen molar-refractivity contribution in [2.24, 2.45) is 0 Å². The average molecular weight is 326 g/mol. The third-order valence-corrected chi connectivity index (χ3v) is 4.33. The number of H-pyrrole nitrogens is 1. The second kappa shape index (κ2) is 5.25. The molecule has 1 N–H and O–H groups in total. The molecule has 0 aliphatic carbocycles. The molecule has 0 radical (unpaired) electrons. The van der Waals surface area contributed by atoms with Gasteiger partial charge in [-0.05, 0) is 29.8 Å². The zero-order valence-electron chi connectivity index (χ0n) is 12.0. The number of aromatic amines is 1. The number of aromatic nitrogens is 1. The minimum atomic E-state index is -0.363. The zero-order chi connectivity index (χ0) is 16.0. The second-order valence-electron chi connectivity index (χ2n) is 5.53. The normalized spacial score (nSPS) is 16.9. The number of rotatable bonds is 1. The number of pyridine rings is 1. The van der Waals surface area contributed by atoms with Crippen molar-refractivity contribution in [3.63, 3.8) is 0 Å². The van der Waals surface area contributed by atoms with Crippen molar-refractivity contribution in [1.82, 2.24) is 4.98 Å². The number of nitrogens with one attached hydrogen (secondary N) is 1. The van der Waals surface area contributed by atoms with Gasteiger partial charge >= 0.3 is 5.97 Å². The van der Waals surface area contributed by atoms with Gasteiger partial charge in [-0.3, -0.25) is 9.59 Å². The van der Waals surface area contributed by atoms with Gasteiger partial charge in [0.1, 0.15) is 5.75 Å². The maximum atomic E-state index is 12.6. The van der Waals surface area contributed by atoms with E-state index >= 15 is 0 Å². The molecule has 1 atom stereocenters. The van der Waals surface area contributed by atoms with Crippen molar-refractivity contribution in [2.45, 2.75) is 12.3 Å². The van der Waals surface area contributed by atoms with Gasteiger partial charge in [0.15, 0.2) is 0 Å². The Labute approximate surface area is 136 Å². The van der Waals surface area contributed by atoms with Gasteiger partial charge in [-0.1, -0.05) is 35.9 Å². The number of carbonyl (C=O) groups is 1. The van der Waals surface area contributed by atoms with E-state index in [9.17, 15) is 9.59 Å². The Kier molecular flexibility index (Phi) is 3.20. The fourth-order valence-corrected chi connectivity index (χ4v) is 3.29. The van der Waals surface area contributed by atoms with Gasteiger partial charge in [0.2, 0.25) is 0 Å². The number of benzene rings is 2. The van der Waals surface area contributed by atoms with E-state index in [1.54, 1.807) is 18.2 Å². The van der Waals surface area contributed by atoms with Crippen molar-refractivity contribution in [3.05, 3.63) is 75.0 Å². The maximum Gasteiger partial charge on any atom is 0.312 e. The SMILES string of the molecule is O=C1CC(c2cccc(Cl)c2)c2c(c3ccccc3[nH]c2=O)O1. The van der Waals surface area contributed by atoms with Crippen molar-refractivity contribution in [1.29, 1.82) is 0 Å². The molecule has 2 heterocycles. The molecule has 0 bridgehead atoms. The Hall–Kier alpha value is -2.59. The molecule has 3 aromatic rings. The first-order valence-corrected chi connectivity index (χ1v) is 7.62. The third kappa shape index (κ3) is 2.32. The number of hydrogen-bond acceptors (Lipinski definition) is 3. The van der Waals surface area contributed by atoms with Crippen LogP contribution in [-0.4, -0.2) is 11.0 Å². The van der Waals surface area contributed by atoms with E-state index in [2.05, 4.69) is 4.98 Å². The molecule has 1 aliphatic rings. The van der Waals surface area contributed by atoms with Crippen LogP contribution in [0.5, 0.6) is 5.75 Å². The third-order valence-electron chi connectivity index (χ3n) is 4.10. The fraction of sp³-hybridized carbons (Fsp3) is 0.111. The molecule has 2 aromatic carbocycles. The van der Waals surface area contributed by atoms with Crippen molar-refractivity contribution in [2.75, 3.05) is 0 Å². The maximum absolute atomic E-state index is 12.6. The molecule has 0 fully saturated rings. The van der Waals surface area contributed by atoms with Gasteiger partial charge in [0.25, 0.3) is 5.56 Å². The second-order valence-corrected chi connectivity index (χ2v) is 5.96. The highest BCUT2D eigenvalue weighted by atomic mass is 35.5. The van der Waals surface area contributed by atoms with Crippen LogP contribution in [0.25, 0.3) is 10.9 Å². The summed E-state index contributed by atoms with van der Waals surface area (Å²) >= 11 is 6.06. The number of hydrogen-bond donors (Lipinski definition) is 1. The summed E-state index contributed by atoms with van der Waals surface area (Å²) in [5.41, 5.74) is 1.72. The van der Waals surface area contributed by atoms with Crippen LogP contribution in [0.3, 0.4) is 0 Å². The fourth-order valence-electron chi connectivity index (χ4n) is 3.09. The molecule has 4 rings (SSSR count). The van der Waals surface area contributed by atoms with Gasteiger partial charge in [0.05, 0.1) is 17.5 Å². The van der Waals surface area contributed by atoms with E-state index in [1.807, 2.05) is 30.3 Å². The standard InChI is InChI=1S/C18H12ClNO3/c19-11-5-3-4-10(8-11)13-9-15(21)23-17-12-6-1-2-7-14(12)20-18(22)16(13)17/h1-8,13H,9H2,(H,20,22). The van der Waals surface area contributed by atoms with E-state index in [0.29, 0.717) is 21.9 Å². The van der Waals surface area contributed by atoms with Crippen LogP contribution in [0.1, 0.15) is 23.5 Å². The Balaban J connectivity index is 2.02. The summed E-state index contributed by atoms with van der Waals surface area (Å²) < 4.78 is 5.42. The molecule has 0 amide bonds. The first-order chi connectivity index (χ1) is 11.1. The van der Waals surface area contributed by atoms with Crippen LogP contribution < -0.4 is 10.3 Å². The molecule has 0 spiro atoms. The lowest BCUT2D eigenvalue weighted by Crippen LogP contribution is -2.28. The molecule has 1 unspecified atom stereocenters. The summed E-state index contributed by atoms with van der Waals surface area (Å²) in [5, 5.41) is 1.29. The topological polar surface area (TPSA) is 59.2 Å². The lowest BCUT2D eigenvalue weighted by atomic mass is 9.86. The summed E-state index contributed by atoms with van der Waals surface area (Å²) in [6.07, 6.45) is 0.120. The van der Waals surface area contributed by atoms with Gasteiger partial charge in [0, 0.05) is 16.3 Å². The molecule has 1 aliphatic heterocycles. The van der Waals surface area contributed by atoms with E-state index in [0.717, 1.165) is 10.9 Å². The molecule has 0 saturated heterocycles. The summed E-state index contributed by atoms with van der Waals surface area (Å²) in [4.78, 5) is 27.5. The molecule has 1 aromatic heterocycles. The summed E-state index contributed by atoms with van der Waals surface area (Å²) in [7, 11) is 0. The summed E-state index contributed by atoms with van der Waals surface area (Å²) in [6.45, 7) is 0. The van der Waals surface area contributed by atoms with E-state index in [-0.39, 0.29) is 23.9 Å². The number of carbonyl (C=O) groups excluding carboxylic acids is 1. The lowest BCUT2D eigenvalue weighted by Gasteiger charge is -2.25. The van der Waals surface area contributed by atoms with E-state index in [4.69, 9.17) is 16.3 Å². The van der Waals surface area contributed by atoms with Crippen LogP contribution in [0, 0.1) is 0 Å². The smallest absolute Gasteiger partial charge is 0.312 e. The Morgan fingerprint density at radius 1 is 1.09 bits per heavy atom. The van der Waals surface area contributed by atoms with E-state index < -0.39 is 0 Å². The molecule has 4 nitrogen and oxygen atoms in total. The molecule has 5 heteroatoms. The molecule has 0 saturated carbocycles. The van der Waals surface area contributed by atoms with Gasteiger partial charge in [-0.2, -0.15) is 0 Å². The summed E-state index contributed by atoms with van der Waals surface area (Å²) in [5.74, 6) is -0.359. The Bertz CT molecular complexity index is 993. The highest BCUT2D eigenvalue weighted by molar-refractivity contribution is 6.30. The highest BCUT2D eigenvalue weighted by Gasteiger charge is 2.32. The number of fused-ring (bicyclic) bond motifs is 3. The first-order valence-electron chi connectivity index (χ1n) is 7.24. The molecular formula is C18H12ClNO3. The minimum absolute atomic E-state index is 0.120. The predicted molar refractivity (Wildman–Crippen MR) is 88.1 cm³/mol. The minimum Gasteiger partial charge on any atom is -0.425 e. The zero-order valence-corrected chi connectivity index (χ0v) is 12.8. The predicted octanol–water partition coefficient (Wildman–Crippen LogP) is 3.62. The van der Waals surface area contributed by atoms with Gasteiger partial charge in [-0.15, -0.1) is 0 Å². The highest BCUT2D eigenvalue weighted by Crippen LogP contribution is 2.40. The van der Waals surface area contributed by atoms with Gasteiger partial charge < -0.3 is 9.72 Å². The van der Waals surface area contributed by atoms with Crippen LogP contribution in [0.2, 0.25) is 5.02 Å².